The van der Waals surface area contributed by atoms with E-state index in [1.807, 2.05) is 36.4 Å². The van der Waals surface area contributed by atoms with Crippen LogP contribution >= 0.6 is 0 Å². The van der Waals surface area contributed by atoms with Gasteiger partial charge in [-0.25, -0.2) is 14.3 Å². The summed E-state index contributed by atoms with van der Waals surface area (Å²) in [5.41, 5.74) is 2.65. The maximum absolute atomic E-state index is 12.8. The number of nitrogens with zero attached hydrogens (tertiary/aromatic N) is 4. The van der Waals surface area contributed by atoms with Gasteiger partial charge in [-0.3, -0.25) is 9.55 Å². The molecule has 2 heterocycles. The highest BCUT2D eigenvalue weighted by molar-refractivity contribution is 5.89. The molecular formula is C23H28N6O2. The molecule has 0 aliphatic heterocycles. The van der Waals surface area contributed by atoms with Gasteiger partial charge in [0.2, 0.25) is 0 Å². The second-order valence-corrected chi connectivity index (χ2v) is 8.88. The number of urea groups is 1. The molecule has 0 bridgehead atoms. The first-order valence-corrected chi connectivity index (χ1v) is 10.6. The van der Waals surface area contributed by atoms with Crippen LogP contribution in [0.25, 0.3) is 11.4 Å². The number of hydrogen-bond donors (Lipinski definition) is 2. The zero-order valence-electron chi connectivity index (χ0n) is 18.1. The molecule has 2 aromatic heterocycles. The van der Waals surface area contributed by atoms with E-state index in [1.54, 1.807) is 17.0 Å². The van der Waals surface area contributed by atoms with Crippen LogP contribution in [0.2, 0.25) is 0 Å². The van der Waals surface area contributed by atoms with Crippen molar-refractivity contribution in [3.05, 3.63) is 64.8 Å². The lowest BCUT2D eigenvalue weighted by atomic mass is 9.87. The van der Waals surface area contributed by atoms with Gasteiger partial charge in [0.1, 0.15) is 0 Å². The topological polar surface area (TPSA) is 93.8 Å². The Kier molecular flexibility index (Phi) is 5.63. The molecule has 8 nitrogen and oxygen atoms in total. The van der Waals surface area contributed by atoms with Gasteiger partial charge in [0.05, 0.1) is 6.54 Å². The number of carbonyl (C=O) groups excluding carboxylic acids is 1. The molecule has 0 radical (unpaired) electrons. The third-order valence-corrected chi connectivity index (χ3v) is 5.32. The number of amides is 2. The largest absolute Gasteiger partial charge is 0.346 e. The van der Waals surface area contributed by atoms with E-state index in [-0.39, 0.29) is 23.2 Å². The zero-order chi connectivity index (χ0) is 22.0. The number of pyridine rings is 1. The number of benzene rings is 1. The molecule has 0 saturated heterocycles. The molecule has 1 fully saturated rings. The molecule has 0 unspecified atom stereocenters. The van der Waals surface area contributed by atoms with Crippen molar-refractivity contribution in [1.82, 2.24) is 24.6 Å². The SMILES string of the molecule is CC(C)(C)c1ccc(NC(=O)NCCn2nc(-c3cccnc3)n(C3CC3)c2=O)cc1. The van der Waals surface area contributed by atoms with E-state index in [9.17, 15) is 9.59 Å². The van der Waals surface area contributed by atoms with Gasteiger partial charge >= 0.3 is 11.7 Å². The summed E-state index contributed by atoms with van der Waals surface area (Å²) in [6.07, 6.45) is 5.36. The minimum Gasteiger partial charge on any atom is -0.336 e. The number of carbonyl (C=O) groups is 1. The van der Waals surface area contributed by atoms with Crippen molar-refractivity contribution in [2.24, 2.45) is 0 Å². The van der Waals surface area contributed by atoms with Crippen LogP contribution in [0.5, 0.6) is 0 Å². The molecule has 1 aromatic carbocycles. The van der Waals surface area contributed by atoms with Crippen molar-refractivity contribution in [3.8, 4) is 11.4 Å². The van der Waals surface area contributed by atoms with E-state index in [1.165, 1.54) is 10.2 Å². The van der Waals surface area contributed by atoms with E-state index < -0.39 is 0 Å². The van der Waals surface area contributed by atoms with Gasteiger partial charge in [0, 0.05) is 36.2 Å². The Morgan fingerprint density at radius 1 is 1.16 bits per heavy atom. The minimum atomic E-state index is -0.314. The second-order valence-electron chi connectivity index (χ2n) is 8.88. The van der Waals surface area contributed by atoms with Gasteiger partial charge in [-0.05, 0) is 48.1 Å². The summed E-state index contributed by atoms with van der Waals surface area (Å²) in [5, 5.41) is 10.1. The molecule has 31 heavy (non-hydrogen) atoms. The first kappa shape index (κ1) is 20.8. The summed E-state index contributed by atoms with van der Waals surface area (Å²) in [6, 6.07) is 11.4. The lowest BCUT2D eigenvalue weighted by Gasteiger charge is -2.19. The molecule has 0 spiro atoms. The number of hydrogen-bond acceptors (Lipinski definition) is 4. The lowest BCUT2D eigenvalue weighted by Crippen LogP contribution is -2.34. The molecule has 0 atom stereocenters. The summed E-state index contributed by atoms with van der Waals surface area (Å²) in [6.45, 7) is 7.03. The van der Waals surface area contributed by atoms with E-state index in [4.69, 9.17) is 0 Å². The summed E-state index contributed by atoms with van der Waals surface area (Å²) in [7, 11) is 0. The van der Waals surface area contributed by atoms with Crippen LogP contribution in [-0.4, -0.2) is 31.9 Å². The first-order valence-electron chi connectivity index (χ1n) is 10.6. The highest BCUT2D eigenvalue weighted by Crippen LogP contribution is 2.36. The number of aromatic nitrogens is 4. The lowest BCUT2D eigenvalue weighted by molar-refractivity contribution is 0.251. The predicted octanol–water partition coefficient (Wildman–Crippen LogP) is 3.56. The maximum atomic E-state index is 12.8. The summed E-state index contributed by atoms with van der Waals surface area (Å²) < 4.78 is 3.16. The Morgan fingerprint density at radius 3 is 2.52 bits per heavy atom. The van der Waals surface area contributed by atoms with Crippen LogP contribution in [0.15, 0.2) is 53.6 Å². The molecular weight excluding hydrogens is 392 g/mol. The molecule has 162 valence electrons. The van der Waals surface area contributed by atoms with Crippen molar-refractivity contribution >= 4 is 11.7 Å². The van der Waals surface area contributed by atoms with E-state index in [0.29, 0.717) is 18.9 Å². The van der Waals surface area contributed by atoms with Crippen molar-refractivity contribution in [3.63, 3.8) is 0 Å². The third kappa shape index (κ3) is 4.84. The van der Waals surface area contributed by atoms with Gasteiger partial charge in [0.25, 0.3) is 0 Å². The van der Waals surface area contributed by atoms with Crippen LogP contribution < -0.4 is 16.3 Å². The Balaban J connectivity index is 1.37. The van der Waals surface area contributed by atoms with Crippen LogP contribution in [-0.2, 0) is 12.0 Å². The molecule has 1 saturated carbocycles. The van der Waals surface area contributed by atoms with Crippen molar-refractivity contribution < 1.29 is 4.79 Å². The summed E-state index contributed by atoms with van der Waals surface area (Å²) in [4.78, 5) is 29.2. The van der Waals surface area contributed by atoms with Crippen molar-refractivity contribution in [1.29, 1.82) is 0 Å². The van der Waals surface area contributed by atoms with Gasteiger partial charge in [-0.1, -0.05) is 32.9 Å². The Morgan fingerprint density at radius 2 is 1.90 bits per heavy atom. The second kappa shape index (κ2) is 8.37. The molecule has 2 N–H and O–H groups in total. The van der Waals surface area contributed by atoms with E-state index in [2.05, 4.69) is 41.5 Å². The zero-order valence-corrected chi connectivity index (χ0v) is 18.1. The predicted molar refractivity (Wildman–Crippen MR) is 120 cm³/mol. The molecule has 2 amide bonds. The maximum Gasteiger partial charge on any atom is 0.346 e. The normalized spacial score (nSPS) is 13.8. The summed E-state index contributed by atoms with van der Waals surface area (Å²) in [5.74, 6) is 0.629. The van der Waals surface area contributed by atoms with Crippen molar-refractivity contribution in [2.75, 3.05) is 11.9 Å². The van der Waals surface area contributed by atoms with Gasteiger partial charge in [-0.2, -0.15) is 0 Å². The van der Waals surface area contributed by atoms with Crippen molar-refractivity contribution in [2.45, 2.75) is 51.6 Å². The summed E-state index contributed by atoms with van der Waals surface area (Å²) >= 11 is 0. The monoisotopic (exact) mass is 420 g/mol. The quantitative estimate of drug-likeness (QED) is 0.638. The van der Waals surface area contributed by atoms with Crippen LogP contribution in [0, 0.1) is 0 Å². The highest BCUT2D eigenvalue weighted by atomic mass is 16.2. The Labute approximate surface area is 181 Å². The Hall–Kier alpha value is -3.42. The van der Waals surface area contributed by atoms with Gasteiger partial charge in [-0.15, -0.1) is 5.10 Å². The minimum absolute atomic E-state index is 0.0621. The fourth-order valence-electron chi connectivity index (χ4n) is 3.42. The average molecular weight is 421 g/mol. The van der Waals surface area contributed by atoms with Crippen LogP contribution in [0.3, 0.4) is 0 Å². The average Bonchev–Trinajstić information content (AvgIpc) is 3.52. The van der Waals surface area contributed by atoms with E-state index in [0.717, 1.165) is 24.1 Å². The molecule has 8 heteroatoms. The van der Waals surface area contributed by atoms with Gasteiger partial charge in [0.15, 0.2) is 5.82 Å². The van der Waals surface area contributed by atoms with Crippen LogP contribution in [0.4, 0.5) is 10.5 Å². The Bertz CT molecular complexity index is 1110. The number of rotatable bonds is 6. The molecule has 3 aromatic rings. The fourth-order valence-corrected chi connectivity index (χ4v) is 3.42. The highest BCUT2D eigenvalue weighted by Gasteiger charge is 2.30. The van der Waals surface area contributed by atoms with Crippen LogP contribution in [0.1, 0.15) is 45.2 Å². The standard InChI is InChI=1S/C23H28N6O2/c1-23(2,3)17-6-8-18(9-7-17)26-21(30)25-13-14-28-22(31)29(19-10-11-19)20(27-28)16-5-4-12-24-15-16/h4-9,12,15,19H,10-11,13-14H2,1-3H3,(H2,25,26,30). The fraction of sp³-hybridized carbons (Fsp3) is 0.391. The molecule has 1 aliphatic rings. The molecule has 1 aliphatic carbocycles. The van der Waals surface area contributed by atoms with Gasteiger partial charge < -0.3 is 10.6 Å². The smallest absolute Gasteiger partial charge is 0.336 e. The first-order chi connectivity index (χ1) is 14.8. The molecule has 4 rings (SSSR count). The number of anilines is 1. The number of nitrogens with one attached hydrogen (secondary N) is 2. The van der Waals surface area contributed by atoms with E-state index >= 15 is 0 Å². The third-order valence-electron chi connectivity index (χ3n) is 5.32.